The summed E-state index contributed by atoms with van der Waals surface area (Å²) in [6, 6.07) is 2.29. The molecule has 0 atom stereocenters. The summed E-state index contributed by atoms with van der Waals surface area (Å²) in [6.45, 7) is 5.22. The van der Waals surface area contributed by atoms with Gasteiger partial charge in [0.25, 0.3) is 0 Å². The predicted octanol–water partition coefficient (Wildman–Crippen LogP) is 1.43. The average Bonchev–Trinajstić information content (AvgIpc) is 3.26. The summed E-state index contributed by atoms with van der Waals surface area (Å²) in [5.74, 6) is 1.09. The van der Waals surface area contributed by atoms with Crippen molar-refractivity contribution in [2.24, 2.45) is 5.92 Å². The normalized spacial score (nSPS) is 20.4. The minimum absolute atomic E-state index is 0.442. The molecule has 0 bridgehead atoms. The molecule has 5 nitrogen and oxygen atoms in total. The molecule has 1 saturated carbocycles. The van der Waals surface area contributed by atoms with Gasteiger partial charge in [0.15, 0.2) is 5.82 Å². The molecule has 2 aliphatic rings. The second-order valence-corrected chi connectivity index (χ2v) is 5.88. The molecule has 20 heavy (non-hydrogen) atoms. The molecule has 1 aliphatic heterocycles. The van der Waals surface area contributed by atoms with Gasteiger partial charge in [-0.25, -0.2) is 0 Å². The molecule has 2 heterocycles. The van der Waals surface area contributed by atoms with Gasteiger partial charge < -0.3 is 10.0 Å². The average molecular weight is 272 g/mol. The van der Waals surface area contributed by atoms with E-state index in [1.165, 1.54) is 0 Å². The SMILES string of the molecule is CCc1nnc(N2CC(O)(C3CC3)C2)c(C#N)c1CC. The quantitative estimate of drug-likeness (QED) is 0.897. The van der Waals surface area contributed by atoms with Gasteiger partial charge in [-0.15, -0.1) is 5.10 Å². The van der Waals surface area contributed by atoms with Crippen molar-refractivity contribution >= 4 is 5.82 Å². The van der Waals surface area contributed by atoms with E-state index in [-0.39, 0.29) is 0 Å². The molecule has 0 unspecified atom stereocenters. The molecule has 2 fully saturated rings. The highest BCUT2D eigenvalue weighted by molar-refractivity contribution is 5.60. The van der Waals surface area contributed by atoms with Crippen LogP contribution in [0.1, 0.15) is 43.5 Å². The van der Waals surface area contributed by atoms with Crippen molar-refractivity contribution in [3.05, 3.63) is 16.8 Å². The smallest absolute Gasteiger partial charge is 0.169 e. The lowest BCUT2D eigenvalue weighted by Gasteiger charge is -2.47. The molecule has 1 saturated heterocycles. The molecule has 1 aromatic heterocycles. The van der Waals surface area contributed by atoms with E-state index >= 15 is 0 Å². The summed E-state index contributed by atoms with van der Waals surface area (Å²) in [7, 11) is 0. The molecular formula is C15H20N4O. The van der Waals surface area contributed by atoms with Crippen molar-refractivity contribution in [3.63, 3.8) is 0 Å². The fourth-order valence-electron chi connectivity index (χ4n) is 3.14. The van der Waals surface area contributed by atoms with Crippen LogP contribution in [-0.4, -0.2) is 34.0 Å². The summed E-state index contributed by atoms with van der Waals surface area (Å²) in [5, 5.41) is 28.4. The summed E-state index contributed by atoms with van der Waals surface area (Å²) in [6.07, 6.45) is 3.82. The van der Waals surface area contributed by atoms with Crippen LogP contribution in [0.2, 0.25) is 0 Å². The number of aryl methyl sites for hydroxylation is 1. The van der Waals surface area contributed by atoms with E-state index in [0.29, 0.717) is 30.4 Å². The fraction of sp³-hybridized carbons (Fsp3) is 0.667. The molecule has 0 aromatic carbocycles. The highest BCUT2D eigenvalue weighted by Gasteiger charge is 2.52. The van der Waals surface area contributed by atoms with Crippen LogP contribution in [0.5, 0.6) is 0 Å². The van der Waals surface area contributed by atoms with E-state index < -0.39 is 5.60 Å². The van der Waals surface area contributed by atoms with Gasteiger partial charge in [0.05, 0.1) is 18.8 Å². The first-order valence-electron chi connectivity index (χ1n) is 7.38. The molecule has 0 radical (unpaired) electrons. The van der Waals surface area contributed by atoms with Crippen molar-refractivity contribution in [3.8, 4) is 6.07 Å². The first kappa shape index (κ1) is 13.3. The Morgan fingerprint density at radius 3 is 2.50 bits per heavy atom. The van der Waals surface area contributed by atoms with E-state index in [1.807, 2.05) is 18.7 Å². The maximum absolute atomic E-state index is 10.4. The largest absolute Gasteiger partial charge is 0.386 e. The summed E-state index contributed by atoms with van der Waals surface area (Å²) < 4.78 is 0. The molecule has 0 spiro atoms. The van der Waals surface area contributed by atoms with Crippen molar-refractivity contribution < 1.29 is 5.11 Å². The molecule has 1 N–H and O–H groups in total. The number of aromatic nitrogens is 2. The summed E-state index contributed by atoms with van der Waals surface area (Å²) >= 11 is 0. The number of hydrogen-bond donors (Lipinski definition) is 1. The number of hydrogen-bond acceptors (Lipinski definition) is 5. The third kappa shape index (κ3) is 1.95. The van der Waals surface area contributed by atoms with E-state index in [4.69, 9.17) is 0 Å². The van der Waals surface area contributed by atoms with Gasteiger partial charge in [-0.2, -0.15) is 10.4 Å². The third-order valence-corrected chi connectivity index (χ3v) is 4.51. The van der Waals surface area contributed by atoms with Gasteiger partial charge in [0, 0.05) is 0 Å². The molecule has 106 valence electrons. The van der Waals surface area contributed by atoms with Gasteiger partial charge in [0.2, 0.25) is 0 Å². The van der Waals surface area contributed by atoms with Crippen LogP contribution in [-0.2, 0) is 12.8 Å². The van der Waals surface area contributed by atoms with E-state index in [0.717, 1.165) is 36.9 Å². The molecule has 1 aliphatic carbocycles. The minimum Gasteiger partial charge on any atom is -0.386 e. The van der Waals surface area contributed by atoms with E-state index in [2.05, 4.69) is 16.3 Å². The molecule has 1 aromatic rings. The lowest BCUT2D eigenvalue weighted by atomic mass is 9.88. The summed E-state index contributed by atoms with van der Waals surface area (Å²) in [5.41, 5.74) is 1.98. The van der Waals surface area contributed by atoms with Crippen LogP contribution >= 0.6 is 0 Å². The Labute approximate surface area is 119 Å². The predicted molar refractivity (Wildman–Crippen MR) is 75.4 cm³/mol. The first-order chi connectivity index (χ1) is 9.62. The Morgan fingerprint density at radius 1 is 1.30 bits per heavy atom. The van der Waals surface area contributed by atoms with Crippen LogP contribution in [0.15, 0.2) is 0 Å². The molecule has 5 heteroatoms. The zero-order chi connectivity index (χ0) is 14.3. The molecule has 3 rings (SSSR count). The van der Waals surface area contributed by atoms with Crippen molar-refractivity contribution in [2.45, 2.75) is 45.1 Å². The minimum atomic E-state index is -0.565. The number of β-amino-alcohol motifs (C(OH)–C–C–N with tert-alkyl or cyclic N) is 1. The topological polar surface area (TPSA) is 73.0 Å². The number of aliphatic hydroxyl groups is 1. The lowest BCUT2D eigenvalue weighted by molar-refractivity contribution is -0.00986. The van der Waals surface area contributed by atoms with E-state index in [1.54, 1.807) is 0 Å². The number of anilines is 1. The Balaban J connectivity index is 1.89. The Bertz CT molecular complexity index is 568. The Morgan fingerprint density at radius 2 is 2.00 bits per heavy atom. The van der Waals surface area contributed by atoms with Crippen molar-refractivity contribution in [1.82, 2.24) is 10.2 Å². The Kier molecular flexibility index (Phi) is 3.14. The van der Waals surface area contributed by atoms with Crippen molar-refractivity contribution in [2.75, 3.05) is 18.0 Å². The monoisotopic (exact) mass is 272 g/mol. The second kappa shape index (κ2) is 4.71. The maximum Gasteiger partial charge on any atom is 0.169 e. The lowest BCUT2D eigenvalue weighted by Crippen LogP contribution is -2.63. The van der Waals surface area contributed by atoms with E-state index in [9.17, 15) is 10.4 Å². The Hall–Kier alpha value is -1.67. The van der Waals surface area contributed by atoms with Crippen LogP contribution in [0.3, 0.4) is 0 Å². The zero-order valence-corrected chi connectivity index (χ0v) is 12.1. The second-order valence-electron chi connectivity index (χ2n) is 5.88. The van der Waals surface area contributed by atoms with Crippen LogP contribution in [0.4, 0.5) is 5.82 Å². The van der Waals surface area contributed by atoms with Gasteiger partial charge in [-0.3, -0.25) is 0 Å². The number of rotatable bonds is 4. The maximum atomic E-state index is 10.4. The molecular weight excluding hydrogens is 252 g/mol. The fourth-order valence-corrected chi connectivity index (χ4v) is 3.14. The van der Waals surface area contributed by atoms with Gasteiger partial charge in [0.1, 0.15) is 17.2 Å². The van der Waals surface area contributed by atoms with Gasteiger partial charge in [-0.05, 0) is 37.2 Å². The molecule has 0 amide bonds. The zero-order valence-electron chi connectivity index (χ0n) is 12.1. The third-order valence-electron chi connectivity index (χ3n) is 4.51. The van der Waals surface area contributed by atoms with Crippen LogP contribution in [0, 0.1) is 17.2 Å². The standard InChI is InChI=1S/C15H20N4O/c1-3-11-12(7-16)14(18-17-13(11)4-2)19-8-15(20,9-19)10-5-6-10/h10,20H,3-6,8-9H2,1-2H3. The highest BCUT2D eigenvalue weighted by atomic mass is 16.3. The highest BCUT2D eigenvalue weighted by Crippen LogP contribution is 2.45. The first-order valence-corrected chi connectivity index (χ1v) is 7.38. The van der Waals surface area contributed by atoms with Gasteiger partial charge in [-0.1, -0.05) is 13.8 Å². The van der Waals surface area contributed by atoms with Crippen LogP contribution < -0.4 is 4.90 Å². The van der Waals surface area contributed by atoms with Crippen LogP contribution in [0.25, 0.3) is 0 Å². The van der Waals surface area contributed by atoms with Gasteiger partial charge >= 0.3 is 0 Å². The summed E-state index contributed by atoms with van der Waals surface area (Å²) in [4.78, 5) is 1.99. The number of nitrogens with zero attached hydrogens (tertiary/aromatic N) is 4. The number of nitriles is 1. The van der Waals surface area contributed by atoms with Crippen molar-refractivity contribution in [1.29, 1.82) is 5.26 Å².